The lowest BCUT2D eigenvalue weighted by molar-refractivity contribution is 0.306. The van der Waals surface area contributed by atoms with Gasteiger partial charge in [-0.15, -0.1) is 0 Å². The van der Waals surface area contributed by atoms with E-state index in [1.54, 1.807) is 0 Å². The van der Waals surface area contributed by atoms with Gasteiger partial charge in [0.25, 0.3) is 0 Å². The monoisotopic (exact) mass is 141 g/mol. The molecular formula is C6H11N3O. The fourth-order valence-corrected chi connectivity index (χ4v) is 0.635. The number of nitrogens with zero attached hydrogens (tertiary/aromatic N) is 2. The Morgan fingerprint density at radius 1 is 1.50 bits per heavy atom. The summed E-state index contributed by atoms with van der Waals surface area (Å²) in [5.41, 5.74) is 0.813. The smallest absolute Gasteiger partial charge is 0.193 e. The van der Waals surface area contributed by atoms with Crippen molar-refractivity contribution in [1.29, 1.82) is 0 Å². The van der Waals surface area contributed by atoms with Crippen LogP contribution in [-0.4, -0.2) is 16.9 Å². The molecule has 0 aliphatic heterocycles. The van der Waals surface area contributed by atoms with E-state index in [0.717, 1.165) is 24.5 Å². The van der Waals surface area contributed by atoms with Gasteiger partial charge in [-0.2, -0.15) is 0 Å². The molecule has 0 fully saturated rings. The van der Waals surface area contributed by atoms with Gasteiger partial charge in [0.15, 0.2) is 5.82 Å². The van der Waals surface area contributed by atoms with E-state index in [1.807, 2.05) is 6.92 Å². The number of rotatable bonds is 3. The first-order valence-corrected chi connectivity index (χ1v) is 3.37. The van der Waals surface area contributed by atoms with Crippen molar-refractivity contribution in [3.63, 3.8) is 0 Å². The second-order valence-corrected chi connectivity index (χ2v) is 2.13. The quantitative estimate of drug-likeness (QED) is 0.687. The van der Waals surface area contributed by atoms with E-state index < -0.39 is 0 Å². The van der Waals surface area contributed by atoms with E-state index >= 15 is 0 Å². The Balaban J connectivity index is 2.49. The zero-order chi connectivity index (χ0) is 7.40. The molecule has 0 bridgehead atoms. The molecule has 0 aliphatic rings. The lowest BCUT2D eigenvalue weighted by atomic mass is 10.4. The van der Waals surface area contributed by atoms with Gasteiger partial charge in [0, 0.05) is 6.54 Å². The first-order valence-electron chi connectivity index (χ1n) is 3.37. The minimum absolute atomic E-state index is 0.752. The van der Waals surface area contributed by atoms with Crippen LogP contribution < -0.4 is 5.32 Å². The van der Waals surface area contributed by atoms with Crippen LogP contribution >= 0.6 is 0 Å². The molecule has 0 unspecified atom stereocenters. The molecule has 0 saturated heterocycles. The fraction of sp³-hybridized carbons (Fsp3) is 0.667. The van der Waals surface area contributed by atoms with Crippen LogP contribution in [0.3, 0.4) is 0 Å². The van der Waals surface area contributed by atoms with Gasteiger partial charge >= 0.3 is 0 Å². The van der Waals surface area contributed by atoms with Crippen LogP contribution in [0.4, 0.5) is 5.82 Å². The molecule has 1 heterocycles. The molecule has 0 saturated carbocycles. The van der Waals surface area contributed by atoms with Crippen molar-refractivity contribution >= 4 is 5.82 Å². The van der Waals surface area contributed by atoms with Crippen molar-refractivity contribution in [3.05, 3.63) is 5.69 Å². The Bertz CT molecular complexity index is 197. The van der Waals surface area contributed by atoms with Gasteiger partial charge in [-0.1, -0.05) is 12.1 Å². The number of hydrogen-bond acceptors (Lipinski definition) is 4. The van der Waals surface area contributed by atoms with Crippen molar-refractivity contribution in [3.8, 4) is 0 Å². The molecule has 4 nitrogen and oxygen atoms in total. The summed E-state index contributed by atoms with van der Waals surface area (Å²) in [4.78, 5) is 0. The molecular weight excluding hydrogens is 130 g/mol. The maximum atomic E-state index is 4.48. The van der Waals surface area contributed by atoms with Crippen LogP contribution in [0.5, 0.6) is 0 Å². The van der Waals surface area contributed by atoms with Crippen molar-refractivity contribution in [2.45, 2.75) is 20.3 Å². The first-order chi connectivity index (χ1) is 4.84. The van der Waals surface area contributed by atoms with E-state index in [0.29, 0.717) is 0 Å². The summed E-state index contributed by atoms with van der Waals surface area (Å²) in [7, 11) is 0. The topological polar surface area (TPSA) is 51.0 Å². The minimum atomic E-state index is 0.752. The van der Waals surface area contributed by atoms with Crippen LogP contribution in [0, 0.1) is 6.92 Å². The molecule has 0 spiro atoms. The molecule has 10 heavy (non-hydrogen) atoms. The summed E-state index contributed by atoms with van der Waals surface area (Å²) >= 11 is 0. The highest BCUT2D eigenvalue weighted by Crippen LogP contribution is 2.05. The minimum Gasteiger partial charge on any atom is -0.366 e. The highest BCUT2D eigenvalue weighted by Gasteiger charge is 2.00. The summed E-state index contributed by atoms with van der Waals surface area (Å²) < 4.78 is 4.48. The molecule has 1 aromatic heterocycles. The molecule has 0 aliphatic carbocycles. The lowest BCUT2D eigenvalue weighted by Crippen LogP contribution is -2.00. The Labute approximate surface area is 59.6 Å². The van der Waals surface area contributed by atoms with Crippen LogP contribution in [0.1, 0.15) is 19.0 Å². The van der Waals surface area contributed by atoms with Gasteiger partial charge in [0.05, 0.1) is 0 Å². The Hall–Kier alpha value is -1.06. The molecule has 1 rings (SSSR count). The molecule has 0 atom stereocenters. The van der Waals surface area contributed by atoms with E-state index in [4.69, 9.17) is 0 Å². The number of nitrogens with one attached hydrogen (secondary N) is 1. The second-order valence-electron chi connectivity index (χ2n) is 2.13. The number of hydrogen-bond donors (Lipinski definition) is 1. The molecule has 0 amide bonds. The van der Waals surface area contributed by atoms with Crippen LogP contribution in [0.25, 0.3) is 0 Å². The third-order valence-electron chi connectivity index (χ3n) is 1.20. The third kappa shape index (κ3) is 1.46. The summed E-state index contributed by atoms with van der Waals surface area (Å²) in [5.74, 6) is 0.752. The highest BCUT2D eigenvalue weighted by atomic mass is 16.6. The average molecular weight is 141 g/mol. The Morgan fingerprint density at radius 3 is 2.80 bits per heavy atom. The van der Waals surface area contributed by atoms with Gasteiger partial charge in [0.2, 0.25) is 0 Å². The predicted molar refractivity (Wildman–Crippen MR) is 37.8 cm³/mol. The molecule has 1 N–H and O–H groups in total. The SMILES string of the molecule is CCCNc1nonc1C. The van der Waals surface area contributed by atoms with Crippen molar-refractivity contribution < 1.29 is 4.63 Å². The van der Waals surface area contributed by atoms with Gasteiger partial charge in [0.1, 0.15) is 5.69 Å². The summed E-state index contributed by atoms with van der Waals surface area (Å²) in [6.45, 7) is 4.86. The average Bonchev–Trinajstić information content (AvgIpc) is 2.31. The van der Waals surface area contributed by atoms with Crippen LogP contribution in [0.2, 0.25) is 0 Å². The molecule has 0 radical (unpaired) electrons. The van der Waals surface area contributed by atoms with Gasteiger partial charge in [-0.3, -0.25) is 0 Å². The van der Waals surface area contributed by atoms with Gasteiger partial charge in [-0.05, 0) is 18.5 Å². The molecule has 0 aromatic carbocycles. The molecule has 56 valence electrons. The van der Waals surface area contributed by atoms with E-state index in [9.17, 15) is 0 Å². The normalized spacial score (nSPS) is 9.80. The standard InChI is InChI=1S/C6H11N3O/c1-3-4-7-6-5(2)8-10-9-6/h3-4H2,1-2H3,(H,7,9). The maximum Gasteiger partial charge on any atom is 0.193 e. The Kier molecular flexibility index (Phi) is 2.25. The first kappa shape index (κ1) is 7.05. The number of anilines is 1. The zero-order valence-corrected chi connectivity index (χ0v) is 6.22. The van der Waals surface area contributed by atoms with E-state index in [1.165, 1.54) is 0 Å². The second kappa shape index (κ2) is 3.20. The van der Waals surface area contributed by atoms with Gasteiger partial charge < -0.3 is 5.32 Å². The fourth-order valence-electron chi connectivity index (χ4n) is 0.635. The Morgan fingerprint density at radius 2 is 2.30 bits per heavy atom. The van der Waals surface area contributed by atoms with Crippen LogP contribution in [-0.2, 0) is 0 Å². The molecule has 1 aromatic rings. The largest absolute Gasteiger partial charge is 0.366 e. The predicted octanol–water partition coefficient (Wildman–Crippen LogP) is 1.20. The third-order valence-corrected chi connectivity index (χ3v) is 1.20. The maximum absolute atomic E-state index is 4.48. The van der Waals surface area contributed by atoms with Crippen molar-refractivity contribution in [2.75, 3.05) is 11.9 Å². The highest BCUT2D eigenvalue weighted by molar-refractivity contribution is 5.36. The van der Waals surface area contributed by atoms with Gasteiger partial charge in [-0.25, -0.2) is 4.63 Å². The van der Waals surface area contributed by atoms with E-state index in [-0.39, 0.29) is 0 Å². The number of aryl methyl sites for hydroxylation is 1. The number of aromatic nitrogens is 2. The summed E-state index contributed by atoms with van der Waals surface area (Å²) in [6, 6.07) is 0. The van der Waals surface area contributed by atoms with Crippen molar-refractivity contribution in [2.24, 2.45) is 0 Å². The summed E-state index contributed by atoms with van der Waals surface area (Å²) in [5, 5.41) is 10.4. The van der Waals surface area contributed by atoms with E-state index in [2.05, 4.69) is 27.2 Å². The zero-order valence-electron chi connectivity index (χ0n) is 6.22. The van der Waals surface area contributed by atoms with Crippen molar-refractivity contribution in [1.82, 2.24) is 10.3 Å². The summed E-state index contributed by atoms with van der Waals surface area (Å²) in [6.07, 6.45) is 1.08. The van der Waals surface area contributed by atoms with Crippen LogP contribution in [0.15, 0.2) is 4.63 Å². The molecule has 4 heteroatoms. The lowest BCUT2D eigenvalue weighted by Gasteiger charge is -1.96.